The van der Waals surface area contributed by atoms with Crippen LogP contribution >= 0.6 is 11.8 Å². The Morgan fingerprint density at radius 2 is 1.92 bits per heavy atom. The lowest BCUT2D eigenvalue weighted by atomic mass is 10.1. The van der Waals surface area contributed by atoms with Gasteiger partial charge in [0.15, 0.2) is 5.78 Å². The number of rotatable bonds is 7. The van der Waals surface area contributed by atoms with Crippen LogP contribution in [0.5, 0.6) is 11.5 Å². The molecule has 0 spiro atoms. The van der Waals surface area contributed by atoms with Crippen LogP contribution in [0.1, 0.15) is 10.4 Å². The Hall–Kier alpha value is -2.87. The largest absolute Gasteiger partial charge is 0.497 e. The Kier molecular flexibility index (Phi) is 5.30. The second-order valence-electron chi connectivity index (χ2n) is 4.99. The molecule has 1 heterocycles. The SMILES string of the molecule is COc1ccc(OC)c(C(=O)CSc2nnnn2-c2ccccc2)c1. The summed E-state index contributed by atoms with van der Waals surface area (Å²) in [5.74, 6) is 1.19. The zero-order valence-electron chi connectivity index (χ0n) is 13.7. The zero-order chi connectivity index (χ0) is 17.6. The molecule has 0 bridgehead atoms. The Morgan fingerprint density at radius 3 is 2.64 bits per heavy atom. The van der Waals surface area contributed by atoms with Crippen molar-refractivity contribution in [2.75, 3.05) is 20.0 Å². The molecule has 0 N–H and O–H groups in total. The topological polar surface area (TPSA) is 79.1 Å². The van der Waals surface area contributed by atoms with Gasteiger partial charge in [0.1, 0.15) is 11.5 Å². The molecule has 0 radical (unpaired) electrons. The third-order valence-corrected chi connectivity index (χ3v) is 4.40. The van der Waals surface area contributed by atoms with Crippen LogP contribution in [-0.4, -0.2) is 46.0 Å². The van der Waals surface area contributed by atoms with Gasteiger partial charge >= 0.3 is 0 Å². The van der Waals surface area contributed by atoms with Gasteiger partial charge < -0.3 is 9.47 Å². The van der Waals surface area contributed by atoms with Crippen LogP contribution in [0, 0.1) is 0 Å². The number of tetrazole rings is 1. The predicted octanol–water partition coefficient (Wildman–Crippen LogP) is 2.65. The first-order valence-corrected chi connectivity index (χ1v) is 8.43. The average Bonchev–Trinajstić information content (AvgIpc) is 3.14. The summed E-state index contributed by atoms with van der Waals surface area (Å²) in [6, 6.07) is 14.6. The van der Waals surface area contributed by atoms with Gasteiger partial charge in [-0.15, -0.1) is 5.10 Å². The fraction of sp³-hybridized carbons (Fsp3) is 0.176. The van der Waals surface area contributed by atoms with Crippen LogP contribution in [0.15, 0.2) is 53.7 Å². The molecule has 0 saturated heterocycles. The fourth-order valence-corrected chi connectivity index (χ4v) is 3.01. The van der Waals surface area contributed by atoms with E-state index in [1.54, 1.807) is 30.0 Å². The molecule has 0 atom stereocenters. The maximum absolute atomic E-state index is 12.6. The molecule has 0 amide bonds. The number of ether oxygens (including phenoxy) is 2. The Morgan fingerprint density at radius 1 is 1.12 bits per heavy atom. The maximum atomic E-state index is 12.6. The summed E-state index contributed by atoms with van der Waals surface area (Å²) < 4.78 is 12.0. The third-order valence-electron chi connectivity index (χ3n) is 3.48. The summed E-state index contributed by atoms with van der Waals surface area (Å²) in [7, 11) is 3.08. The van der Waals surface area contributed by atoms with Crippen molar-refractivity contribution in [2.45, 2.75) is 5.16 Å². The molecule has 2 aromatic carbocycles. The van der Waals surface area contributed by atoms with Crippen molar-refractivity contribution in [3.8, 4) is 17.2 Å². The van der Waals surface area contributed by atoms with E-state index < -0.39 is 0 Å². The van der Waals surface area contributed by atoms with E-state index in [1.165, 1.54) is 18.9 Å². The monoisotopic (exact) mass is 356 g/mol. The van der Waals surface area contributed by atoms with Crippen LogP contribution in [0.2, 0.25) is 0 Å². The smallest absolute Gasteiger partial charge is 0.214 e. The number of Topliss-reactive ketones (excluding diaryl/α,β-unsaturated/α-hetero) is 1. The molecular formula is C17H16N4O3S. The van der Waals surface area contributed by atoms with Crippen LogP contribution < -0.4 is 9.47 Å². The summed E-state index contributed by atoms with van der Waals surface area (Å²) in [5, 5.41) is 12.2. The number of ketones is 1. The van der Waals surface area contributed by atoms with E-state index in [0.29, 0.717) is 22.2 Å². The number of carbonyl (C=O) groups excluding carboxylic acids is 1. The minimum atomic E-state index is -0.0941. The van der Waals surface area contributed by atoms with Crippen LogP contribution in [0.4, 0.5) is 0 Å². The highest BCUT2D eigenvalue weighted by Crippen LogP contribution is 2.27. The van der Waals surface area contributed by atoms with Gasteiger partial charge in [0.25, 0.3) is 0 Å². The first-order valence-electron chi connectivity index (χ1n) is 7.44. The second-order valence-corrected chi connectivity index (χ2v) is 5.93. The molecule has 0 saturated carbocycles. The van der Waals surface area contributed by atoms with Gasteiger partial charge in [0.2, 0.25) is 5.16 Å². The van der Waals surface area contributed by atoms with Crippen molar-refractivity contribution in [2.24, 2.45) is 0 Å². The van der Waals surface area contributed by atoms with E-state index in [1.807, 2.05) is 30.3 Å². The molecule has 3 rings (SSSR count). The van der Waals surface area contributed by atoms with Gasteiger partial charge in [0, 0.05) is 0 Å². The van der Waals surface area contributed by atoms with Crippen molar-refractivity contribution < 1.29 is 14.3 Å². The Labute approximate surface area is 149 Å². The maximum Gasteiger partial charge on any atom is 0.214 e. The van der Waals surface area contributed by atoms with E-state index in [2.05, 4.69) is 15.5 Å². The Balaban J connectivity index is 1.77. The van der Waals surface area contributed by atoms with Crippen LogP contribution in [-0.2, 0) is 0 Å². The summed E-state index contributed by atoms with van der Waals surface area (Å²) >= 11 is 1.27. The molecule has 7 nitrogen and oxygen atoms in total. The highest BCUT2D eigenvalue weighted by Gasteiger charge is 2.16. The van der Waals surface area contributed by atoms with Crippen molar-refractivity contribution in [3.05, 3.63) is 54.1 Å². The number of nitrogens with zero attached hydrogens (tertiary/aromatic N) is 4. The second kappa shape index (κ2) is 7.80. The molecule has 25 heavy (non-hydrogen) atoms. The molecule has 0 aliphatic heterocycles. The van der Waals surface area contributed by atoms with Gasteiger partial charge in [-0.3, -0.25) is 4.79 Å². The summed E-state index contributed by atoms with van der Waals surface area (Å²) in [6.07, 6.45) is 0. The summed E-state index contributed by atoms with van der Waals surface area (Å²) in [4.78, 5) is 12.6. The van der Waals surface area contributed by atoms with Crippen molar-refractivity contribution in [1.29, 1.82) is 0 Å². The predicted molar refractivity (Wildman–Crippen MR) is 93.8 cm³/mol. The van der Waals surface area contributed by atoms with Gasteiger partial charge in [-0.25, -0.2) is 0 Å². The van der Waals surface area contributed by atoms with Crippen molar-refractivity contribution in [3.63, 3.8) is 0 Å². The lowest BCUT2D eigenvalue weighted by Crippen LogP contribution is -2.07. The minimum absolute atomic E-state index is 0.0941. The lowest BCUT2D eigenvalue weighted by Gasteiger charge is -2.09. The lowest BCUT2D eigenvalue weighted by molar-refractivity contribution is 0.101. The summed E-state index contributed by atoms with van der Waals surface area (Å²) in [6.45, 7) is 0. The van der Waals surface area contributed by atoms with Gasteiger partial charge in [-0.2, -0.15) is 4.68 Å². The molecular weight excluding hydrogens is 340 g/mol. The molecule has 3 aromatic rings. The van der Waals surface area contributed by atoms with Crippen LogP contribution in [0.3, 0.4) is 0 Å². The highest BCUT2D eigenvalue weighted by molar-refractivity contribution is 7.99. The number of hydrogen-bond donors (Lipinski definition) is 0. The number of carbonyl (C=O) groups is 1. The number of benzene rings is 2. The third kappa shape index (κ3) is 3.80. The van der Waals surface area contributed by atoms with E-state index in [4.69, 9.17) is 9.47 Å². The van der Waals surface area contributed by atoms with Crippen molar-refractivity contribution in [1.82, 2.24) is 20.2 Å². The number of aromatic nitrogens is 4. The molecule has 0 fully saturated rings. The molecule has 8 heteroatoms. The molecule has 128 valence electrons. The quantitative estimate of drug-likeness (QED) is 0.475. The van der Waals surface area contributed by atoms with Gasteiger partial charge in [0.05, 0.1) is 31.2 Å². The number of para-hydroxylation sites is 1. The number of thioether (sulfide) groups is 1. The average molecular weight is 356 g/mol. The zero-order valence-corrected chi connectivity index (χ0v) is 14.6. The first-order chi connectivity index (χ1) is 12.2. The van der Waals surface area contributed by atoms with E-state index in [0.717, 1.165) is 5.69 Å². The molecule has 0 unspecified atom stereocenters. The fourth-order valence-electron chi connectivity index (χ4n) is 2.24. The van der Waals surface area contributed by atoms with E-state index in [9.17, 15) is 4.79 Å². The van der Waals surface area contributed by atoms with E-state index >= 15 is 0 Å². The van der Waals surface area contributed by atoms with Gasteiger partial charge in [-0.05, 0) is 40.8 Å². The standard InChI is InChI=1S/C17H16N4O3S/c1-23-13-8-9-16(24-2)14(10-13)15(22)11-25-17-18-19-20-21(17)12-6-4-3-5-7-12/h3-10H,11H2,1-2H3. The van der Waals surface area contributed by atoms with Gasteiger partial charge in [-0.1, -0.05) is 30.0 Å². The highest BCUT2D eigenvalue weighted by atomic mass is 32.2. The Bertz CT molecular complexity index is 867. The molecule has 0 aliphatic carbocycles. The summed E-state index contributed by atoms with van der Waals surface area (Å²) in [5.41, 5.74) is 1.30. The number of hydrogen-bond acceptors (Lipinski definition) is 7. The van der Waals surface area contributed by atoms with Crippen LogP contribution in [0.25, 0.3) is 5.69 Å². The van der Waals surface area contributed by atoms with E-state index in [-0.39, 0.29) is 11.5 Å². The normalized spacial score (nSPS) is 10.5. The minimum Gasteiger partial charge on any atom is -0.497 e. The molecule has 1 aromatic heterocycles. The number of methoxy groups -OCH3 is 2. The first kappa shape index (κ1) is 17.0. The molecule has 0 aliphatic rings. The van der Waals surface area contributed by atoms with Crippen molar-refractivity contribution >= 4 is 17.5 Å².